The molecule has 7 nitrogen and oxygen atoms in total. The highest BCUT2D eigenvalue weighted by Crippen LogP contribution is 2.27. The van der Waals surface area contributed by atoms with Crippen LogP contribution in [0.3, 0.4) is 0 Å². The molecule has 8 heteroatoms. The van der Waals surface area contributed by atoms with E-state index < -0.39 is 10.2 Å². The van der Waals surface area contributed by atoms with E-state index in [2.05, 4.69) is 15.5 Å². The van der Waals surface area contributed by atoms with Crippen LogP contribution in [0.4, 0.5) is 5.69 Å². The molecule has 1 aromatic carbocycles. The summed E-state index contributed by atoms with van der Waals surface area (Å²) >= 11 is 1.24. The number of para-hydroxylation sites is 1. The highest BCUT2D eigenvalue weighted by atomic mass is 32.2. The molecule has 128 valence electrons. The minimum atomic E-state index is -0.459. The van der Waals surface area contributed by atoms with Crippen molar-refractivity contribution in [1.82, 2.24) is 5.32 Å². The number of allylic oxidation sites excluding steroid dienone is 4. The van der Waals surface area contributed by atoms with Gasteiger partial charge in [0, 0.05) is 24.0 Å². The van der Waals surface area contributed by atoms with Gasteiger partial charge in [0.25, 0.3) is 5.69 Å². The Morgan fingerprint density at radius 3 is 2.84 bits per heavy atom. The van der Waals surface area contributed by atoms with Gasteiger partial charge < -0.3 is 5.32 Å². The van der Waals surface area contributed by atoms with Crippen molar-refractivity contribution in [2.24, 2.45) is 16.1 Å². The number of nitro benzene ring substituents is 1. The van der Waals surface area contributed by atoms with Crippen LogP contribution < -0.4 is 5.32 Å². The van der Waals surface area contributed by atoms with Gasteiger partial charge >= 0.3 is 0 Å². The van der Waals surface area contributed by atoms with Crippen molar-refractivity contribution in [3.63, 3.8) is 0 Å². The standard InChI is InChI=1S/C17H16N4O3S/c1-11-6-2-4-8-13(11)19-20-17-18-16(22)15(25-17)10-12-7-3-5-9-14(12)21(23)24/h2-9,11,15H,10H2,1H3,(H,18,20,22)/b19-13+/t11-,15+/m1/s1. The van der Waals surface area contributed by atoms with E-state index in [1.807, 2.05) is 31.2 Å². The molecule has 1 heterocycles. The van der Waals surface area contributed by atoms with Crippen molar-refractivity contribution in [3.8, 4) is 0 Å². The predicted octanol–water partition coefficient (Wildman–Crippen LogP) is 2.84. The van der Waals surface area contributed by atoms with Gasteiger partial charge in [-0.05, 0) is 6.08 Å². The van der Waals surface area contributed by atoms with Crippen molar-refractivity contribution >= 4 is 34.2 Å². The Kier molecular flexibility index (Phi) is 5.08. The molecule has 0 unspecified atom stereocenters. The average Bonchev–Trinajstić information content (AvgIpc) is 2.94. The SMILES string of the molecule is C[C@@H]1C=CC=C/C1=N\N=C1NC(=O)[C@H](Cc2ccccc2[N+](=O)[O-])S1. The Hall–Kier alpha value is -2.74. The summed E-state index contributed by atoms with van der Waals surface area (Å²) in [5, 5.41) is 22.0. The van der Waals surface area contributed by atoms with Gasteiger partial charge in [-0.25, -0.2) is 0 Å². The van der Waals surface area contributed by atoms with Crippen molar-refractivity contribution in [2.45, 2.75) is 18.6 Å². The maximum atomic E-state index is 12.1. The van der Waals surface area contributed by atoms with Crippen LogP contribution >= 0.6 is 11.8 Å². The first kappa shape index (κ1) is 17.1. The molecule has 2 aliphatic rings. The lowest BCUT2D eigenvalue weighted by molar-refractivity contribution is -0.385. The third-order valence-corrected chi connectivity index (χ3v) is 4.94. The summed E-state index contributed by atoms with van der Waals surface area (Å²) in [4.78, 5) is 22.8. The molecule has 0 aromatic heterocycles. The van der Waals surface area contributed by atoms with Gasteiger partial charge in [0.15, 0.2) is 5.17 Å². The molecule has 1 aromatic rings. The van der Waals surface area contributed by atoms with Crippen LogP contribution in [0.5, 0.6) is 0 Å². The van der Waals surface area contributed by atoms with E-state index in [-0.39, 0.29) is 23.9 Å². The first-order valence-electron chi connectivity index (χ1n) is 7.75. The van der Waals surface area contributed by atoms with Crippen LogP contribution in [0.15, 0.2) is 58.8 Å². The fourth-order valence-electron chi connectivity index (χ4n) is 2.51. The number of hydrogen-bond donors (Lipinski definition) is 1. The minimum Gasteiger partial charge on any atom is -0.303 e. The third kappa shape index (κ3) is 4.03. The molecule has 0 saturated carbocycles. The number of amidine groups is 1. The summed E-state index contributed by atoms with van der Waals surface area (Å²) in [6.45, 7) is 2.01. The highest BCUT2D eigenvalue weighted by molar-refractivity contribution is 8.15. The second-order valence-corrected chi connectivity index (χ2v) is 6.84. The van der Waals surface area contributed by atoms with Gasteiger partial charge in [-0.15, -0.1) is 5.10 Å². The highest BCUT2D eigenvalue weighted by Gasteiger charge is 2.32. The van der Waals surface area contributed by atoms with E-state index in [4.69, 9.17) is 0 Å². The molecular weight excluding hydrogens is 340 g/mol. The number of nitrogens with one attached hydrogen (secondary N) is 1. The molecule has 25 heavy (non-hydrogen) atoms. The third-order valence-electron chi connectivity index (χ3n) is 3.87. The predicted molar refractivity (Wildman–Crippen MR) is 98.6 cm³/mol. The van der Waals surface area contributed by atoms with Crippen LogP contribution in [0.2, 0.25) is 0 Å². The quantitative estimate of drug-likeness (QED) is 0.662. The topological polar surface area (TPSA) is 97.0 Å². The largest absolute Gasteiger partial charge is 0.303 e. The second kappa shape index (κ2) is 7.43. The number of rotatable bonds is 4. The van der Waals surface area contributed by atoms with E-state index in [1.54, 1.807) is 18.2 Å². The molecule has 1 N–H and O–H groups in total. The summed E-state index contributed by atoms with van der Waals surface area (Å²) in [5.74, 6) is -0.0477. The molecule has 1 fully saturated rings. The molecule has 1 amide bonds. The van der Waals surface area contributed by atoms with Crippen molar-refractivity contribution in [3.05, 3.63) is 64.2 Å². The number of hydrogen-bond acceptors (Lipinski definition) is 6. The number of nitrogens with zero attached hydrogens (tertiary/aromatic N) is 3. The summed E-state index contributed by atoms with van der Waals surface area (Å²) in [5.41, 5.74) is 1.36. The summed E-state index contributed by atoms with van der Waals surface area (Å²) in [6.07, 6.45) is 7.99. The first-order chi connectivity index (χ1) is 12.0. The molecule has 2 atom stereocenters. The van der Waals surface area contributed by atoms with Crippen LogP contribution in [0.25, 0.3) is 0 Å². The average molecular weight is 356 g/mol. The van der Waals surface area contributed by atoms with Gasteiger partial charge in [-0.2, -0.15) is 5.10 Å². The lowest BCUT2D eigenvalue weighted by Crippen LogP contribution is -2.26. The molecule has 3 rings (SSSR count). The van der Waals surface area contributed by atoms with E-state index in [0.717, 1.165) is 5.71 Å². The Labute approximate surface area is 148 Å². The van der Waals surface area contributed by atoms with E-state index in [9.17, 15) is 14.9 Å². The monoisotopic (exact) mass is 356 g/mol. The minimum absolute atomic E-state index is 0.0227. The number of nitro groups is 1. The normalized spacial score (nSPS) is 25.6. The molecule has 1 aliphatic heterocycles. The first-order valence-corrected chi connectivity index (χ1v) is 8.63. The summed E-state index contributed by atoms with van der Waals surface area (Å²) in [7, 11) is 0. The molecule has 1 saturated heterocycles. The Bertz CT molecular complexity index is 829. The Balaban J connectivity index is 1.72. The number of thioether (sulfide) groups is 1. The van der Waals surface area contributed by atoms with Crippen LogP contribution in [-0.2, 0) is 11.2 Å². The smallest absolute Gasteiger partial charge is 0.272 e. The molecule has 0 radical (unpaired) electrons. The van der Waals surface area contributed by atoms with Gasteiger partial charge in [-0.3, -0.25) is 14.9 Å². The van der Waals surface area contributed by atoms with E-state index >= 15 is 0 Å². The summed E-state index contributed by atoms with van der Waals surface area (Å²) < 4.78 is 0. The number of benzene rings is 1. The zero-order chi connectivity index (χ0) is 17.8. The molecular formula is C17H16N4O3S. The summed E-state index contributed by atoms with van der Waals surface area (Å²) in [6, 6.07) is 6.45. The zero-order valence-electron chi connectivity index (χ0n) is 13.5. The number of amides is 1. The van der Waals surface area contributed by atoms with Gasteiger partial charge in [0.2, 0.25) is 5.91 Å². The van der Waals surface area contributed by atoms with Crippen molar-refractivity contribution in [2.75, 3.05) is 0 Å². The maximum Gasteiger partial charge on any atom is 0.272 e. The zero-order valence-corrected chi connectivity index (χ0v) is 14.3. The Morgan fingerprint density at radius 1 is 1.28 bits per heavy atom. The van der Waals surface area contributed by atoms with E-state index in [1.165, 1.54) is 17.8 Å². The maximum absolute atomic E-state index is 12.1. The molecule has 0 spiro atoms. The van der Waals surface area contributed by atoms with Crippen molar-refractivity contribution in [1.29, 1.82) is 0 Å². The molecule has 1 aliphatic carbocycles. The Morgan fingerprint density at radius 2 is 2.08 bits per heavy atom. The lowest BCUT2D eigenvalue weighted by atomic mass is 10.0. The fourth-order valence-corrected chi connectivity index (χ4v) is 3.46. The van der Waals surface area contributed by atoms with Crippen LogP contribution in [-0.4, -0.2) is 27.0 Å². The van der Waals surface area contributed by atoms with Crippen molar-refractivity contribution < 1.29 is 9.72 Å². The lowest BCUT2D eigenvalue weighted by Gasteiger charge is -2.07. The molecule has 0 bridgehead atoms. The van der Waals surface area contributed by atoms with Gasteiger partial charge in [0.1, 0.15) is 0 Å². The van der Waals surface area contributed by atoms with Crippen LogP contribution in [0.1, 0.15) is 12.5 Å². The second-order valence-electron chi connectivity index (χ2n) is 5.65. The number of carbonyl (C=O) groups excluding carboxylic acids is 1. The number of carbonyl (C=O) groups is 1. The van der Waals surface area contributed by atoms with Gasteiger partial charge in [0.05, 0.1) is 15.9 Å². The van der Waals surface area contributed by atoms with Crippen LogP contribution in [0, 0.1) is 16.0 Å². The van der Waals surface area contributed by atoms with E-state index in [0.29, 0.717) is 10.7 Å². The van der Waals surface area contributed by atoms with Gasteiger partial charge in [-0.1, -0.05) is 55.1 Å². The fraction of sp³-hybridized carbons (Fsp3) is 0.235.